The predicted octanol–water partition coefficient (Wildman–Crippen LogP) is 2.49. The number of hydrogen-bond acceptors (Lipinski definition) is 4. The molecular weight excluding hydrogens is 232 g/mol. The van der Waals surface area contributed by atoms with Crippen molar-refractivity contribution in [2.24, 2.45) is 5.92 Å². The monoisotopic (exact) mass is 254 g/mol. The van der Waals surface area contributed by atoms with E-state index in [9.17, 15) is 0 Å². The minimum atomic E-state index is -0.0423. The van der Waals surface area contributed by atoms with Gasteiger partial charge in [-0.2, -0.15) is 0 Å². The van der Waals surface area contributed by atoms with E-state index < -0.39 is 0 Å². The molecule has 2 unspecified atom stereocenters. The second-order valence-electron chi connectivity index (χ2n) is 4.89. The van der Waals surface area contributed by atoms with Gasteiger partial charge in [-0.05, 0) is 33.7 Å². The third-order valence-electron chi connectivity index (χ3n) is 3.94. The number of hydrogen-bond donors (Lipinski definition) is 1. The van der Waals surface area contributed by atoms with E-state index in [1.165, 1.54) is 15.6 Å². The maximum Gasteiger partial charge on any atom is 0.113 e. The maximum atomic E-state index is 5.53. The topological polar surface area (TPSA) is 34.2 Å². The van der Waals surface area contributed by atoms with Gasteiger partial charge in [-0.25, -0.2) is 4.98 Å². The lowest BCUT2D eigenvalue weighted by molar-refractivity contribution is 0.156. The smallest absolute Gasteiger partial charge is 0.113 e. The highest BCUT2D eigenvalue weighted by atomic mass is 32.1. The Labute approximate surface area is 108 Å². The van der Waals surface area contributed by atoms with Crippen molar-refractivity contribution in [3.8, 4) is 0 Å². The van der Waals surface area contributed by atoms with Crippen LogP contribution in [0.3, 0.4) is 0 Å². The first-order chi connectivity index (χ1) is 8.11. The summed E-state index contributed by atoms with van der Waals surface area (Å²) >= 11 is 1.83. The summed E-state index contributed by atoms with van der Waals surface area (Å²) in [5.41, 5.74) is 1.20. The van der Waals surface area contributed by atoms with Crippen LogP contribution in [-0.2, 0) is 16.7 Å². The summed E-state index contributed by atoms with van der Waals surface area (Å²) in [7, 11) is 2.03. The molecule has 17 heavy (non-hydrogen) atoms. The Morgan fingerprint density at radius 2 is 2.35 bits per heavy atom. The van der Waals surface area contributed by atoms with Gasteiger partial charge >= 0.3 is 0 Å². The minimum Gasteiger partial charge on any atom is -0.381 e. The van der Waals surface area contributed by atoms with E-state index in [1.54, 1.807) is 0 Å². The van der Waals surface area contributed by atoms with Crippen molar-refractivity contribution in [3.63, 3.8) is 0 Å². The van der Waals surface area contributed by atoms with Crippen molar-refractivity contribution in [2.75, 3.05) is 20.3 Å². The van der Waals surface area contributed by atoms with E-state index in [-0.39, 0.29) is 5.54 Å². The highest BCUT2D eigenvalue weighted by Gasteiger charge is 2.39. The Balaban J connectivity index is 2.32. The summed E-state index contributed by atoms with van der Waals surface area (Å²) in [4.78, 5) is 6.17. The van der Waals surface area contributed by atoms with Crippen LogP contribution in [0.15, 0.2) is 0 Å². The number of aryl methyl sites for hydroxylation is 2. The molecule has 2 heterocycles. The molecular formula is C13H22N2OS. The predicted molar refractivity (Wildman–Crippen MR) is 71.6 cm³/mol. The lowest BCUT2D eigenvalue weighted by Crippen LogP contribution is -2.44. The molecule has 0 radical (unpaired) electrons. The highest BCUT2D eigenvalue weighted by Crippen LogP contribution is 2.37. The van der Waals surface area contributed by atoms with E-state index >= 15 is 0 Å². The molecule has 0 aliphatic carbocycles. The Kier molecular flexibility index (Phi) is 3.85. The first kappa shape index (κ1) is 13.0. The van der Waals surface area contributed by atoms with Crippen LogP contribution in [0.1, 0.15) is 35.8 Å². The zero-order valence-electron chi connectivity index (χ0n) is 11.2. The van der Waals surface area contributed by atoms with Gasteiger partial charge in [0.05, 0.1) is 17.8 Å². The number of nitrogens with zero attached hydrogens (tertiary/aromatic N) is 1. The van der Waals surface area contributed by atoms with E-state index in [1.807, 2.05) is 18.4 Å². The van der Waals surface area contributed by atoms with Gasteiger partial charge in [-0.3, -0.25) is 0 Å². The quantitative estimate of drug-likeness (QED) is 0.896. The molecule has 1 aliphatic heterocycles. The van der Waals surface area contributed by atoms with Crippen molar-refractivity contribution in [3.05, 3.63) is 15.6 Å². The average molecular weight is 254 g/mol. The maximum absolute atomic E-state index is 5.53. The number of aromatic nitrogens is 1. The molecule has 2 atom stereocenters. The fraction of sp³-hybridized carbons (Fsp3) is 0.769. The number of nitrogens with one attached hydrogen (secondary N) is 1. The van der Waals surface area contributed by atoms with Crippen LogP contribution in [0.25, 0.3) is 0 Å². The van der Waals surface area contributed by atoms with E-state index in [2.05, 4.69) is 26.1 Å². The van der Waals surface area contributed by atoms with Crippen LogP contribution in [0.5, 0.6) is 0 Å². The SMILES string of the molecule is CCc1nc(C(C)(NC)C2CCOC2)sc1C. The van der Waals surface area contributed by atoms with Gasteiger partial charge in [0.1, 0.15) is 5.01 Å². The van der Waals surface area contributed by atoms with Crippen molar-refractivity contribution in [2.45, 2.75) is 39.2 Å². The lowest BCUT2D eigenvalue weighted by Gasteiger charge is -2.32. The molecule has 96 valence electrons. The van der Waals surface area contributed by atoms with Gasteiger partial charge in [0.15, 0.2) is 0 Å². The average Bonchev–Trinajstić information content (AvgIpc) is 2.97. The van der Waals surface area contributed by atoms with E-state index in [4.69, 9.17) is 9.72 Å². The molecule has 1 aromatic heterocycles. The minimum absolute atomic E-state index is 0.0423. The Bertz CT molecular complexity index is 385. The van der Waals surface area contributed by atoms with Crippen LogP contribution >= 0.6 is 11.3 Å². The largest absolute Gasteiger partial charge is 0.381 e. The summed E-state index contributed by atoms with van der Waals surface area (Å²) in [5.74, 6) is 0.530. The molecule has 0 aromatic carbocycles. The first-order valence-electron chi connectivity index (χ1n) is 6.35. The van der Waals surface area contributed by atoms with Crippen molar-refractivity contribution < 1.29 is 4.74 Å². The van der Waals surface area contributed by atoms with Crippen LogP contribution < -0.4 is 5.32 Å². The summed E-state index contributed by atoms with van der Waals surface area (Å²) in [6.07, 6.45) is 2.14. The second kappa shape index (κ2) is 5.04. The molecule has 0 bridgehead atoms. The molecule has 1 saturated heterocycles. The Morgan fingerprint density at radius 1 is 1.59 bits per heavy atom. The number of ether oxygens (including phenoxy) is 1. The van der Waals surface area contributed by atoms with Crippen LogP contribution in [0.2, 0.25) is 0 Å². The van der Waals surface area contributed by atoms with Crippen LogP contribution in [-0.4, -0.2) is 25.2 Å². The fourth-order valence-corrected chi connectivity index (χ4v) is 3.69. The van der Waals surface area contributed by atoms with Crippen LogP contribution in [0.4, 0.5) is 0 Å². The van der Waals surface area contributed by atoms with Gasteiger partial charge < -0.3 is 10.1 Å². The molecule has 0 spiro atoms. The van der Waals surface area contributed by atoms with E-state index in [0.717, 1.165) is 26.1 Å². The van der Waals surface area contributed by atoms with Gasteiger partial charge in [0.25, 0.3) is 0 Å². The van der Waals surface area contributed by atoms with Crippen molar-refractivity contribution in [1.29, 1.82) is 0 Å². The second-order valence-corrected chi connectivity index (χ2v) is 6.09. The zero-order chi connectivity index (χ0) is 12.5. The molecule has 0 amide bonds. The number of thiazole rings is 1. The van der Waals surface area contributed by atoms with Gasteiger partial charge in [0.2, 0.25) is 0 Å². The standard InChI is InChI=1S/C13H22N2OS/c1-5-11-9(2)17-12(15-11)13(3,14-4)10-6-7-16-8-10/h10,14H,5-8H2,1-4H3. The van der Waals surface area contributed by atoms with Gasteiger partial charge in [-0.15, -0.1) is 11.3 Å². The third kappa shape index (κ3) is 2.26. The fourth-order valence-electron chi connectivity index (χ4n) is 2.45. The molecule has 3 nitrogen and oxygen atoms in total. The first-order valence-corrected chi connectivity index (χ1v) is 7.17. The Morgan fingerprint density at radius 3 is 2.82 bits per heavy atom. The molecule has 4 heteroatoms. The summed E-state index contributed by atoms with van der Waals surface area (Å²) in [5, 5.41) is 4.68. The number of rotatable bonds is 4. The van der Waals surface area contributed by atoms with Gasteiger partial charge in [0, 0.05) is 17.4 Å². The van der Waals surface area contributed by atoms with Crippen molar-refractivity contribution >= 4 is 11.3 Å². The third-order valence-corrected chi connectivity index (χ3v) is 5.19. The lowest BCUT2D eigenvalue weighted by atomic mass is 9.85. The summed E-state index contributed by atoms with van der Waals surface area (Å²) < 4.78 is 5.53. The molecule has 2 rings (SSSR count). The van der Waals surface area contributed by atoms with Crippen molar-refractivity contribution in [1.82, 2.24) is 10.3 Å². The molecule has 1 aromatic rings. The summed E-state index contributed by atoms with van der Waals surface area (Å²) in [6, 6.07) is 0. The molecule has 1 aliphatic rings. The summed E-state index contributed by atoms with van der Waals surface area (Å²) in [6.45, 7) is 8.32. The van der Waals surface area contributed by atoms with E-state index in [0.29, 0.717) is 5.92 Å². The molecule has 0 saturated carbocycles. The van der Waals surface area contributed by atoms with Crippen LogP contribution in [0, 0.1) is 12.8 Å². The van der Waals surface area contributed by atoms with Gasteiger partial charge in [-0.1, -0.05) is 6.92 Å². The molecule has 1 fully saturated rings. The Hall–Kier alpha value is -0.450. The zero-order valence-corrected chi connectivity index (χ0v) is 12.0. The normalized spacial score (nSPS) is 23.9. The molecule has 1 N–H and O–H groups in total. The highest BCUT2D eigenvalue weighted by molar-refractivity contribution is 7.11.